The number of ether oxygens (including phenoxy) is 2. The fourth-order valence-corrected chi connectivity index (χ4v) is 2.61. The first kappa shape index (κ1) is 17.3. The number of nitrogen functional groups attached to an aromatic ring is 1. The molecule has 0 amide bonds. The molecule has 0 saturated heterocycles. The Morgan fingerprint density at radius 3 is 2.60 bits per heavy atom. The Balaban J connectivity index is 2.19. The number of halogens is 3. The maximum absolute atomic E-state index is 14.7. The number of nitrogens with two attached hydrogens (primary N) is 1. The number of benzene rings is 1. The summed E-state index contributed by atoms with van der Waals surface area (Å²) in [6.07, 6.45) is 1.36. The van der Waals surface area contributed by atoms with Crippen LogP contribution in [0.5, 0.6) is 11.7 Å². The molecule has 9 heteroatoms. The van der Waals surface area contributed by atoms with Crippen molar-refractivity contribution in [2.24, 2.45) is 0 Å². The Labute approximate surface area is 152 Å². The summed E-state index contributed by atoms with van der Waals surface area (Å²) < 4.78 is 30.0. The molecule has 3 aromatic rings. The van der Waals surface area contributed by atoms with Crippen LogP contribution < -0.4 is 15.2 Å². The molecule has 0 aliphatic rings. The molecule has 0 aliphatic heterocycles. The van der Waals surface area contributed by atoms with Crippen LogP contribution in [-0.4, -0.2) is 24.2 Å². The van der Waals surface area contributed by atoms with Crippen molar-refractivity contribution in [3.05, 3.63) is 40.3 Å². The summed E-state index contributed by atoms with van der Waals surface area (Å²) in [5.41, 5.74) is 6.65. The first-order valence-corrected chi connectivity index (χ1v) is 7.70. The predicted octanol–water partition coefficient (Wildman–Crippen LogP) is 4.45. The van der Waals surface area contributed by atoms with Crippen molar-refractivity contribution in [2.45, 2.75) is 0 Å². The van der Waals surface area contributed by atoms with Gasteiger partial charge < -0.3 is 19.6 Å². The normalized spacial score (nSPS) is 10.8. The average molecular weight is 384 g/mol. The van der Waals surface area contributed by atoms with Gasteiger partial charge in [-0.15, -0.1) is 0 Å². The van der Waals surface area contributed by atoms with Crippen LogP contribution in [-0.2, 0) is 0 Å². The van der Waals surface area contributed by atoms with Gasteiger partial charge in [-0.1, -0.05) is 23.2 Å². The fraction of sp³-hybridized carbons (Fsp3) is 0.125. The summed E-state index contributed by atoms with van der Waals surface area (Å²) in [5, 5.41) is 0.276. The Hall–Kier alpha value is -2.51. The van der Waals surface area contributed by atoms with Gasteiger partial charge in [-0.05, 0) is 18.2 Å². The highest BCUT2D eigenvalue weighted by Gasteiger charge is 2.20. The number of pyridine rings is 1. The van der Waals surface area contributed by atoms with Crippen molar-refractivity contribution in [3.8, 4) is 34.5 Å². The van der Waals surface area contributed by atoms with Gasteiger partial charge in [-0.2, -0.15) is 0 Å². The van der Waals surface area contributed by atoms with Crippen molar-refractivity contribution in [1.82, 2.24) is 9.97 Å². The predicted molar refractivity (Wildman–Crippen MR) is 92.7 cm³/mol. The van der Waals surface area contributed by atoms with E-state index in [2.05, 4.69) is 9.97 Å². The lowest BCUT2D eigenvalue weighted by molar-refractivity contribution is 0.308. The van der Waals surface area contributed by atoms with E-state index in [4.69, 9.17) is 42.8 Å². The van der Waals surface area contributed by atoms with Gasteiger partial charge in [-0.25, -0.2) is 14.4 Å². The smallest absolute Gasteiger partial charge is 0.305 e. The highest BCUT2D eigenvalue weighted by atomic mass is 35.5. The van der Waals surface area contributed by atoms with Gasteiger partial charge >= 0.3 is 5.95 Å². The molecule has 130 valence electrons. The van der Waals surface area contributed by atoms with E-state index in [0.717, 1.165) is 0 Å². The number of anilines is 1. The van der Waals surface area contributed by atoms with Gasteiger partial charge in [0, 0.05) is 5.56 Å². The topological polar surface area (TPSA) is 83.4 Å². The molecule has 0 spiro atoms. The molecule has 0 aliphatic carbocycles. The van der Waals surface area contributed by atoms with E-state index in [0.29, 0.717) is 0 Å². The molecular formula is C16H12Cl2FN3O3. The van der Waals surface area contributed by atoms with Crippen LogP contribution >= 0.6 is 23.2 Å². The number of hydrogen-bond acceptors (Lipinski definition) is 6. The molecule has 0 bridgehead atoms. The van der Waals surface area contributed by atoms with Crippen LogP contribution in [0, 0.1) is 5.82 Å². The molecule has 0 saturated carbocycles. The molecule has 2 aromatic heterocycles. The second-order valence-corrected chi connectivity index (χ2v) is 5.68. The van der Waals surface area contributed by atoms with Gasteiger partial charge in [-0.3, -0.25) is 0 Å². The Morgan fingerprint density at radius 2 is 1.96 bits per heavy atom. The summed E-state index contributed by atoms with van der Waals surface area (Å²) in [4.78, 5) is 8.36. The molecule has 0 fully saturated rings. The number of aromatic nitrogens is 2. The van der Waals surface area contributed by atoms with E-state index in [1.54, 1.807) is 0 Å². The zero-order valence-corrected chi connectivity index (χ0v) is 14.7. The van der Waals surface area contributed by atoms with Crippen LogP contribution in [0.1, 0.15) is 0 Å². The Kier molecular flexibility index (Phi) is 4.69. The standard InChI is InChI=1S/C16H12Cl2FN3O3/c1-23-11-6-21-16(25-11)14-12(18)9(20)5-10(22-14)7-3-4-8(17)15(24-2)13(7)19/h3-6H,1-2H3,(H2,20,22). The van der Waals surface area contributed by atoms with Gasteiger partial charge in [0.05, 0.1) is 35.6 Å². The van der Waals surface area contributed by atoms with E-state index in [-0.39, 0.29) is 50.3 Å². The van der Waals surface area contributed by atoms with E-state index < -0.39 is 5.82 Å². The van der Waals surface area contributed by atoms with Gasteiger partial charge in [0.2, 0.25) is 0 Å². The van der Waals surface area contributed by atoms with Crippen LogP contribution in [0.3, 0.4) is 0 Å². The molecule has 3 rings (SSSR count). The number of methoxy groups -OCH3 is 2. The number of oxazole rings is 1. The second kappa shape index (κ2) is 6.78. The minimum atomic E-state index is -0.667. The van der Waals surface area contributed by atoms with Gasteiger partial charge in [0.25, 0.3) is 5.89 Å². The Morgan fingerprint density at radius 1 is 1.20 bits per heavy atom. The van der Waals surface area contributed by atoms with Crippen molar-refractivity contribution >= 4 is 28.9 Å². The molecule has 2 N–H and O–H groups in total. The van der Waals surface area contributed by atoms with Crippen molar-refractivity contribution < 1.29 is 18.3 Å². The van der Waals surface area contributed by atoms with Crippen LogP contribution in [0.25, 0.3) is 22.8 Å². The lowest BCUT2D eigenvalue weighted by Gasteiger charge is -2.11. The van der Waals surface area contributed by atoms with Crippen molar-refractivity contribution in [2.75, 3.05) is 20.0 Å². The molecule has 0 atom stereocenters. The summed E-state index contributed by atoms with van der Waals surface area (Å²) in [6.45, 7) is 0. The SMILES string of the molecule is COc1cnc(-c2nc(-c3ccc(Cl)c(OC)c3F)cc(N)c2Cl)o1. The zero-order valence-electron chi connectivity index (χ0n) is 13.1. The second-order valence-electron chi connectivity index (χ2n) is 4.89. The molecule has 0 radical (unpaired) electrons. The van der Waals surface area contributed by atoms with Gasteiger partial charge in [0.15, 0.2) is 11.6 Å². The molecule has 1 aromatic carbocycles. The first-order chi connectivity index (χ1) is 12.0. The summed E-state index contributed by atoms with van der Waals surface area (Å²) >= 11 is 12.1. The van der Waals surface area contributed by atoms with Crippen molar-refractivity contribution in [1.29, 1.82) is 0 Å². The minimum absolute atomic E-state index is 0.0890. The van der Waals surface area contributed by atoms with Gasteiger partial charge in [0.1, 0.15) is 11.9 Å². The van der Waals surface area contributed by atoms with Crippen LogP contribution in [0.4, 0.5) is 10.1 Å². The molecule has 6 nitrogen and oxygen atoms in total. The number of rotatable bonds is 4. The third-order valence-electron chi connectivity index (χ3n) is 3.40. The maximum atomic E-state index is 14.7. The third-order valence-corrected chi connectivity index (χ3v) is 4.10. The quantitative estimate of drug-likeness (QED) is 0.716. The van der Waals surface area contributed by atoms with E-state index in [9.17, 15) is 4.39 Å². The van der Waals surface area contributed by atoms with Crippen molar-refractivity contribution in [3.63, 3.8) is 0 Å². The molecule has 0 unspecified atom stereocenters. The molecule has 25 heavy (non-hydrogen) atoms. The van der Waals surface area contributed by atoms with Crippen LogP contribution in [0.2, 0.25) is 10.0 Å². The van der Waals surface area contributed by atoms with Crippen LogP contribution in [0.15, 0.2) is 28.8 Å². The first-order valence-electron chi connectivity index (χ1n) is 6.94. The monoisotopic (exact) mass is 383 g/mol. The summed E-state index contributed by atoms with van der Waals surface area (Å²) in [7, 11) is 2.75. The van der Waals surface area contributed by atoms with E-state index >= 15 is 0 Å². The number of nitrogens with zero attached hydrogens (tertiary/aromatic N) is 2. The third kappa shape index (κ3) is 3.08. The molecule has 2 heterocycles. The zero-order chi connectivity index (χ0) is 18.1. The largest absolute Gasteiger partial charge is 0.492 e. The lowest BCUT2D eigenvalue weighted by atomic mass is 10.1. The maximum Gasteiger partial charge on any atom is 0.305 e. The molecular weight excluding hydrogens is 372 g/mol. The average Bonchev–Trinajstić information content (AvgIpc) is 3.07. The fourth-order valence-electron chi connectivity index (χ4n) is 2.21. The Bertz CT molecular complexity index is 947. The minimum Gasteiger partial charge on any atom is -0.492 e. The summed E-state index contributed by atoms with van der Waals surface area (Å²) in [6, 6.07) is 4.41. The highest BCUT2D eigenvalue weighted by molar-refractivity contribution is 6.35. The lowest BCUT2D eigenvalue weighted by Crippen LogP contribution is -1.98. The van der Waals surface area contributed by atoms with E-state index in [1.807, 2.05) is 0 Å². The highest BCUT2D eigenvalue weighted by Crippen LogP contribution is 2.38. The summed E-state index contributed by atoms with van der Waals surface area (Å²) in [5.74, 6) is -0.484. The number of hydrogen-bond donors (Lipinski definition) is 1. The van der Waals surface area contributed by atoms with E-state index in [1.165, 1.54) is 38.6 Å².